The molecule has 0 spiro atoms. The Morgan fingerprint density at radius 2 is 2.00 bits per heavy atom. The average molecular weight is 224 g/mol. The Morgan fingerprint density at radius 1 is 1.20 bits per heavy atom. The van der Waals surface area contributed by atoms with Crippen molar-refractivity contribution in [2.75, 3.05) is 5.73 Å². The van der Waals surface area contributed by atoms with Crippen LogP contribution in [0.5, 0.6) is 0 Å². The van der Waals surface area contributed by atoms with E-state index in [1.807, 2.05) is 0 Å². The van der Waals surface area contributed by atoms with Crippen LogP contribution in [0.4, 0.5) is 10.2 Å². The predicted octanol–water partition coefficient (Wildman–Crippen LogP) is 2.52. The molecule has 0 saturated heterocycles. The van der Waals surface area contributed by atoms with Crippen molar-refractivity contribution in [3.8, 4) is 11.3 Å². The van der Waals surface area contributed by atoms with Gasteiger partial charge in [0.05, 0.1) is 23.1 Å². The van der Waals surface area contributed by atoms with Crippen molar-refractivity contribution in [2.45, 2.75) is 0 Å². The highest BCUT2D eigenvalue weighted by atomic mass is 35.5. The quantitative estimate of drug-likeness (QED) is 0.808. The molecule has 1 aromatic carbocycles. The molecule has 76 valence electrons. The Labute approximate surface area is 90.7 Å². The lowest BCUT2D eigenvalue weighted by Gasteiger charge is -2.03. The topological polar surface area (TPSA) is 51.8 Å². The van der Waals surface area contributed by atoms with Gasteiger partial charge in [0.25, 0.3) is 0 Å². The SMILES string of the molecule is Nc1cnc(-c2cc(F)ccc2Cl)cn1. The van der Waals surface area contributed by atoms with Crippen molar-refractivity contribution in [2.24, 2.45) is 0 Å². The van der Waals surface area contributed by atoms with E-state index in [1.165, 1.54) is 30.6 Å². The van der Waals surface area contributed by atoms with Gasteiger partial charge in [-0.25, -0.2) is 9.37 Å². The third-order valence-electron chi connectivity index (χ3n) is 1.88. The third kappa shape index (κ3) is 2.05. The van der Waals surface area contributed by atoms with Gasteiger partial charge in [0.2, 0.25) is 0 Å². The number of anilines is 1. The van der Waals surface area contributed by atoms with Crippen LogP contribution in [0.25, 0.3) is 11.3 Å². The predicted molar refractivity (Wildman–Crippen MR) is 56.8 cm³/mol. The van der Waals surface area contributed by atoms with Gasteiger partial charge in [0.15, 0.2) is 0 Å². The molecule has 0 aliphatic heterocycles. The summed E-state index contributed by atoms with van der Waals surface area (Å²) in [6.07, 6.45) is 2.85. The zero-order valence-electron chi connectivity index (χ0n) is 7.61. The molecule has 0 aliphatic rings. The first-order valence-electron chi connectivity index (χ1n) is 4.20. The molecule has 15 heavy (non-hydrogen) atoms. The molecule has 5 heteroatoms. The molecule has 2 rings (SSSR count). The summed E-state index contributed by atoms with van der Waals surface area (Å²) in [5, 5.41) is 0.426. The van der Waals surface area contributed by atoms with Crippen molar-refractivity contribution in [1.82, 2.24) is 9.97 Å². The number of nitrogen functional groups attached to an aromatic ring is 1. The van der Waals surface area contributed by atoms with Gasteiger partial charge in [-0.05, 0) is 18.2 Å². The van der Waals surface area contributed by atoms with Gasteiger partial charge in [-0.1, -0.05) is 11.6 Å². The second-order valence-corrected chi connectivity index (χ2v) is 3.36. The van der Waals surface area contributed by atoms with E-state index in [2.05, 4.69) is 9.97 Å². The van der Waals surface area contributed by atoms with Gasteiger partial charge < -0.3 is 5.73 Å². The number of hydrogen-bond donors (Lipinski definition) is 1. The van der Waals surface area contributed by atoms with Crippen LogP contribution in [0.2, 0.25) is 5.02 Å². The van der Waals surface area contributed by atoms with Gasteiger partial charge >= 0.3 is 0 Å². The van der Waals surface area contributed by atoms with Crippen molar-refractivity contribution in [3.05, 3.63) is 41.4 Å². The van der Waals surface area contributed by atoms with Crippen LogP contribution in [-0.4, -0.2) is 9.97 Å². The van der Waals surface area contributed by atoms with Gasteiger partial charge in [0, 0.05) is 5.56 Å². The van der Waals surface area contributed by atoms with E-state index in [4.69, 9.17) is 17.3 Å². The Bertz CT molecular complexity index is 485. The molecule has 2 aromatic rings. The summed E-state index contributed by atoms with van der Waals surface area (Å²) in [5.41, 5.74) is 6.39. The van der Waals surface area contributed by atoms with Crippen LogP contribution in [-0.2, 0) is 0 Å². The largest absolute Gasteiger partial charge is 0.382 e. The molecule has 2 N–H and O–H groups in total. The maximum atomic E-state index is 13.0. The number of rotatable bonds is 1. The van der Waals surface area contributed by atoms with E-state index in [0.717, 1.165) is 0 Å². The number of nitrogens with two attached hydrogens (primary N) is 1. The molecule has 1 heterocycles. The number of nitrogens with zero attached hydrogens (tertiary/aromatic N) is 2. The summed E-state index contributed by atoms with van der Waals surface area (Å²) >= 11 is 5.90. The molecular formula is C10H7ClFN3. The van der Waals surface area contributed by atoms with E-state index in [1.54, 1.807) is 0 Å². The monoisotopic (exact) mass is 223 g/mol. The molecule has 0 saturated carbocycles. The lowest BCUT2D eigenvalue weighted by atomic mass is 10.1. The second kappa shape index (κ2) is 3.82. The average Bonchev–Trinajstić information content (AvgIpc) is 2.23. The van der Waals surface area contributed by atoms with Crippen molar-refractivity contribution < 1.29 is 4.39 Å². The Morgan fingerprint density at radius 3 is 2.67 bits per heavy atom. The Kier molecular flexibility index (Phi) is 2.51. The first kappa shape index (κ1) is 9.86. The van der Waals surface area contributed by atoms with Crippen molar-refractivity contribution in [3.63, 3.8) is 0 Å². The standard InChI is InChI=1S/C10H7ClFN3/c11-8-2-1-6(12)3-7(8)9-4-15-10(13)5-14-9/h1-5H,(H2,13,15). The molecule has 1 aromatic heterocycles. The van der Waals surface area contributed by atoms with Crippen LogP contribution in [0.15, 0.2) is 30.6 Å². The summed E-state index contributed by atoms with van der Waals surface area (Å²) < 4.78 is 13.0. The minimum absolute atomic E-state index is 0.311. The van der Waals surface area contributed by atoms with E-state index < -0.39 is 0 Å². The molecule has 0 aliphatic carbocycles. The maximum absolute atomic E-state index is 13.0. The second-order valence-electron chi connectivity index (χ2n) is 2.95. The Hall–Kier alpha value is -1.68. The molecule has 0 atom stereocenters. The molecule has 0 amide bonds. The first-order valence-corrected chi connectivity index (χ1v) is 4.57. The number of benzene rings is 1. The van der Waals surface area contributed by atoms with E-state index >= 15 is 0 Å². The normalized spacial score (nSPS) is 10.3. The summed E-state index contributed by atoms with van der Waals surface area (Å²) in [7, 11) is 0. The van der Waals surface area contributed by atoms with Crippen LogP contribution in [0, 0.1) is 5.82 Å². The zero-order valence-corrected chi connectivity index (χ0v) is 8.37. The van der Waals surface area contributed by atoms with E-state index in [-0.39, 0.29) is 5.82 Å². The molecular weight excluding hydrogens is 217 g/mol. The van der Waals surface area contributed by atoms with Crippen LogP contribution in [0.3, 0.4) is 0 Å². The van der Waals surface area contributed by atoms with Crippen LogP contribution in [0.1, 0.15) is 0 Å². The van der Waals surface area contributed by atoms with Crippen LogP contribution < -0.4 is 5.73 Å². The fourth-order valence-electron chi connectivity index (χ4n) is 1.17. The van der Waals surface area contributed by atoms with Gasteiger partial charge in [-0.3, -0.25) is 4.98 Å². The maximum Gasteiger partial charge on any atom is 0.141 e. The minimum Gasteiger partial charge on any atom is -0.382 e. The number of halogens is 2. The van der Waals surface area contributed by atoms with Crippen LogP contribution >= 0.6 is 11.6 Å². The van der Waals surface area contributed by atoms with E-state index in [0.29, 0.717) is 22.1 Å². The van der Waals surface area contributed by atoms with Gasteiger partial charge in [-0.2, -0.15) is 0 Å². The minimum atomic E-state index is -0.368. The molecule has 0 fully saturated rings. The highest BCUT2D eigenvalue weighted by Gasteiger charge is 2.06. The molecule has 0 bridgehead atoms. The third-order valence-corrected chi connectivity index (χ3v) is 2.21. The fraction of sp³-hybridized carbons (Fsp3) is 0. The zero-order chi connectivity index (χ0) is 10.8. The highest BCUT2D eigenvalue weighted by Crippen LogP contribution is 2.26. The first-order chi connectivity index (χ1) is 7.16. The lowest BCUT2D eigenvalue weighted by molar-refractivity contribution is 0.628. The smallest absolute Gasteiger partial charge is 0.141 e. The molecule has 0 radical (unpaired) electrons. The summed E-state index contributed by atoms with van der Waals surface area (Å²) in [6, 6.07) is 4.07. The Balaban J connectivity index is 2.53. The molecule has 0 unspecified atom stereocenters. The number of hydrogen-bond acceptors (Lipinski definition) is 3. The lowest BCUT2D eigenvalue weighted by Crippen LogP contribution is -1.93. The van der Waals surface area contributed by atoms with Gasteiger partial charge in [0.1, 0.15) is 11.6 Å². The fourth-order valence-corrected chi connectivity index (χ4v) is 1.39. The van der Waals surface area contributed by atoms with E-state index in [9.17, 15) is 4.39 Å². The van der Waals surface area contributed by atoms with Crippen molar-refractivity contribution >= 4 is 17.4 Å². The highest BCUT2D eigenvalue weighted by molar-refractivity contribution is 6.33. The summed E-state index contributed by atoms with van der Waals surface area (Å²) in [5.74, 6) is -0.0562. The van der Waals surface area contributed by atoms with Crippen molar-refractivity contribution in [1.29, 1.82) is 0 Å². The number of aromatic nitrogens is 2. The van der Waals surface area contributed by atoms with Gasteiger partial charge in [-0.15, -0.1) is 0 Å². The summed E-state index contributed by atoms with van der Waals surface area (Å²) in [6.45, 7) is 0. The molecule has 3 nitrogen and oxygen atoms in total. The summed E-state index contributed by atoms with van der Waals surface area (Å²) in [4.78, 5) is 7.87.